The standard InChI is InChI=1S/C14H15FO2/c1-3-13-12(4-5-17-13)14(16)10-6-9(2)7-11(15)8-10/h4-8,14,16H,3H2,1-2H3. The molecule has 0 saturated carbocycles. The molecule has 17 heavy (non-hydrogen) atoms. The van der Waals surface area contributed by atoms with Crippen molar-refractivity contribution in [3.05, 3.63) is 58.8 Å². The summed E-state index contributed by atoms with van der Waals surface area (Å²) in [5.74, 6) is 0.403. The van der Waals surface area contributed by atoms with Crippen LogP contribution in [0.3, 0.4) is 0 Å². The first kappa shape index (κ1) is 11.9. The maximum Gasteiger partial charge on any atom is 0.123 e. The average molecular weight is 234 g/mol. The minimum absolute atomic E-state index is 0.333. The quantitative estimate of drug-likeness (QED) is 0.883. The van der Waals surface area contributed by atoms with Crippen molar-refractivity contribution in [1.82, 2.24) is 0 Å². The van der Waals surface area contributed by atoms with E-state index in [9.17, 15) is 9.50 Å². The van der Waals surface area contributed by atoms with Gasteiger partial charge >= 0.3 is 0 Å². The largest absolute Gasteiger partial charge is 0.469 e. The normalized spacial score (nSPS) is 12.7. The van der Waals surface area contributed by atoms with Crippen LogP contribution >= 0.6 is 0 Å². The maximum absolute atomic E-state index is 13.3. The predicted octanol–water partition coefficient (Wildman–Crippen LogP) is 3.37. The van der Waals surface area contributed by atoms with Crippen LogP contribution in [0.2, 0.25) is 0 Å². The number of aryl methyl sites for hydroxylation is 2. The lowest BCUT2D eigenvalue weighted by Crippen LogP contribution is -2.02. The summed E-state index contributed by atoms with van der Waals surface area (Å²) in [6.45, 7) is 3.75. The molecule has 3 heteroatoms. The molecule has 1 aromatic heterocycles. The van der Waals surface area contributed by atoms with Crippen LogP contribution in [0.25, 0.3) is 0 Å². The van der Waals surface area contributed by atoms with Gasteiger partial charge in [0.2, 0.25) is 0 Å². The number of benzene rings is 1. The third-order valence-electron chi connectivity index (χ3n) is 2.78. The van der Waals surface area contributed by atoms with Gasteiger partial charge in [0, 0.05) is 12.0 Å². The minimum atomic E-state index is -0.835. The van der Waals surface area contributed by atoms with Crippen molar-refractivity contribution in [1.29, 1.82) is 0 Å². The van der Waals surface area contributed by atoms with Gasteiger partial charge in [-0.25, -0.2) is 4.39 Å². The molecule has 0 saturated heterocycles. The first-order valence-corrected chi connectivity index (χ1v) is 5.63. The lowest BCUT2D eigenvalue weighted by molar-refractivity contribution is 0.217. The predicted molar refractivity (Wildman–Crippen MR) is 63.3 cm³/mol. The molecule has 0 spiro atoms. The zero-order valence-corrected chi connectivity index (χ0v) is 9.90. The third kappa shape index (κ3) is 2.39. The van der Waals surface area contributed by atoms with E-state index in [2.05, 4.69) is 0 Å². The van der Waals surface area contributed by atoms with E-state index < -0.39 is 6.10 Å². The molecule has 1 atom stereocenters. The fourth-order valence-electron chi connectivity index (χ4n) is 1.98. The Morgan fingerprint density at radius 3 is 2.76 bits per heavy atom. The number of aliphatic hydroxyl groups excluding tert-OH is 1. The summed E-state index contributed by atoms with van der Waals surface area (Å²) in [6.07, 6.45) is 1.41. The molecular weight excluding hydrogens is 219 g/mol. The van der Waals surface area contributed by atoms with Crippen molar-refractivity contribution in [3.63, 3.8) is 0 Å². The zero-order valence-electron chi connectivity index (χ0n) is 9.90. The highest BCUT2D eigenvalue weighted by molar-refractivity contribution is 5.34. The molecule has 0 amide bonds. The van der Waals surface area contributed by atoms with Crippen molar-refractivity contribution in [3.8, 4) is 0 Å². The summed E-state index contributed by atoms with van der Waals surface area (Å²) < 4.78 is 18.5. The van der Waals surface area contributed by atoms with E-state index in [0.29, 0.717) is 17.5 Å². The van der Waals surface area contributed by atoms with Crippen LogP contribution in [0.4, 0.5) is 4.39 Å². The molecule has 1 heterocycles. The molecule has 1 aromatic carbocycles. The van der Waals surface area contributed by atoms with Crippen LogP contribution < -0.4 is 0 Å². The van der Waals surface area contributed by atoms with Gasteiger partial charge in [0.15, 0.2) is 0 Å². The van der Waals surface area contributed by atoms with Crippen molar-refractivity contribution in [2.75, 3.05) is 0 Å². The average Bonchev–Trinajstić information content (AvgIpc) is 2.74. The Hall–Kier alpha value is -1.61. The van der Waals surface area contributed by atoms with Crippen LogP contribution in [0, 0.1) is 12.7 Å². The van der Waals surface area contributed by atoms with Gasteiger partial charge in [-0.3, -0.25) is 0 Å². The van der Waals surface area contributed by atoms with Crippen LogP contribution in [0.1, 0.15) is 35.5 Å². The second-order valence-corrected chi connectivity index (χ2v) is 4.12. The van der Waals surface area contributed by atoms with Crippen LogP contribution in [0.5, 0.6) is 0 Å². The summed E-state index contributed by atoms with van der Waals surface area (Å²) in [4.78, 5) is 0. The minimum Gasteiger partial charge on any atom is -0.469 e. The van der Waals surface area contributed by atoms with Gasteiger partial charge in [-0.15, -0.1) is 0 Å². The summed E-state index contributed by atoms with van der Waals surface area (Å²) >= 11 is 0. The van der Waals surface area contributed by atoms with Gasteiger partial charge in [-0.1, -0.05) is 13.0 Å². The highest BCUT2D eigenvalue weighted by Crippen LogP contribution is 2.27. The Labute approximate surface area is 99.7 Å². The van der Waals surface area contributed by atoms with Crippen LogP contribution in [0.15, 0.2) is 34.9 Å². The Kier molecular flexibility index (Phi) is 3.29. The van der Waals surface area contributed by atoms with E-state index in [1.54, 1.807) is 25.3 Å². The van der Waals surface area contributed by atoms with E-state index in [1.807, 2.05) is 6.92 Å². The molecule has 0 fully saturated rings. The summed E-state index contributed by atoms with van der Waals surface area (Å²) in [5.41, 5.74) is 2.05. The lowest BCUT2D eigenvalue weighted by atomic mass is 9.99. The second-order valence-electron chi connectivity index (χ2n) is 4.12. The number of hydrogen-bond acceptors (Lipinski definition) is 2. The monoisotopic (exact) mass is 234 g/mol. The number of rotatable bonds is 3. The summed E-state index contributed by atoms with van der Waals surface area (Å²) in [7, 11) is 0. The van der Waals surface area contributed by atoms with Gasteiger partial charge in [0.25, 0.3) is 0 Å². The van der Waals surface area contributed by atoms with Crippen LogP contribution in [-0.2, 0) is 6.42 Å². The van der Waals surface area contributed by atoms with Crippen molar-refractivity contribution < 1.29 is 13.9 Å². The number of aliphatic hydroxyl groups is 1. The maximum atomic E-state index is 13.3. The molecule has 0 bridgehead atoms. The Morgan fingerprint density at radius 2 is 2.12 bits per heavy atom. The smallest absolute Gasteiger partial charge is 0.123 e. The topological polar surface area (TPSA) is 33.4 Å². The second kappa shape index (κ2) is 4.72. The Balaban J connectivity index is 2.39. The fourth-order valence-corrected chi connectivity index (χ4v) is 1.98. The van der Waals surface area contributed by atoms with E-state index >= 15 is 0 Å². The van der Waals surface area contributed by atoms with Gasteiger partial charge in [0.1, 0.15) is 17.7 Å². The lowest BCUT2D eigenvalue weighted by Gasteiger charge is -2.11. The van der Waals surface area contributed by atoms with Gasteiger partial charge in [-0.05, 0) is 36.2 Å². The molecule has 2 nitrogen and oxygen atoms in total. The van der Waals surface area contributed by atoms with Gasteiger partial charge in [-0.2, -0.15) is 0 Å². The highest BCUT2D eigenvalue weighted by atomic mass is 19.1. The molecule has 0 aliphatic carbocycles. The molecule has 0 aliphatic rings. The van der Waals surface area contributed by atoms with Crippen LogP contribution in [-0.4, -0.2) is 5.11 Å². The van der Waals surface area contributed by atoms with Crippen molar-refractivity contribution in [2.24, 2.45) is 0 Å². The Bertz CT molecular complexity index is 496. The summed E-state index contributed by atoms with van der Waals surface area (Å²) in [6, 6.07) is 6.29. The molecule has 0 aliphatic heterocycles. The van der Waals surface area contributed by atoms with E-state index in [4.69, 9.17) is 4.42 Å². The van der Waals surface area contributed by atoms with Gasteiger partial charge in [0.05, 0.1) is 6.26 Å². The van der Waals surface area contributed by atoms with E-state index in [-0.39, 0.29) is 5.82 Å². The highest BCUT2D eigenvalue weighted by Gasteiger charge is 2.17. The summed E-state index contributed by atoms with van der Waals surface area (Å²) in [5, 5.41) is 10.2. The first-order valence-electron chi connectivity index (χ1n) is 5.63. The van der Waals surface area contributed by atoms with E-state index in [1.165, 1.54) is 12.1 Å². The number of hydrogen-bond donors (Lipinski definition) is 1. The molecule has 2 aromatic rings. The fraction of sp³-hybridized carbons (Fsp3) is 0.286. The van der Waals surface area contributed by atoms with Crippen molar-refractivity contribution in [2.45, 2.75) is 26.4 Å². The molecular formula is C14H15FO2. The molecule has 2 rings (SSSR count). The molecule has 1 N–H and O–H groups in total. The number of furan rings is 1. The van der Waals surface area contributed by atoms with Crippen molar-refractivity contribution >= 4 is 0 Å². The van der Waals surface area contributed by atoms with E-state index in [0.717, 1.165) is 11.3 Å². The van der Waals surface area contributed by atoms with Gasteiger partial charge < -0.3 is 9.52 Å². The Morgan fingerprint density at radius 1 is 1.35 bits per heavy atom. The third-order valence-corrected chi connectivity index (χ3v) is 2.78. The first-order chi connectivity index (χ1) is 8.11. The number of halogens is 1. The molecule has 1 unspecified atom stereocenters. The zero-order chi connectivity index (χ0) is 12.4. The molecule has 90 valence electrons. The SMILES string of the molecule is CCc1occc1C(O)c1cc(C)cc(F)c1. The molecule has 0 radical (unpaired) electrons.